The largest absolute Gasteiger partial charge is 0.337 e. The fourth-order valence-electron chi connectivity index (χ4n) is 4.92. The molecule has 1 saturated heterocycles. The molecule has 0 bridgehead atoms. The molecule has 0 saturated carbocycles. The summed E-state index contributed by atoms with van der Waals surface area (Å²) in [6, 6.07) is 9.79. The Kier molecular flexibility index (Phi) is 4.42. The van der Waals surface area contributed by atoms with E-state index < -0.39 is 0 Å². The highest BCUT2D eigenvalue weighted by atomic mass is 15.2. The molecule has 2 aliphatic rings. The van der Waals surface area contributed by atoms with Crippen molar-refractivity contribution in [3.63, 3.8) is 0 Å². The van der Waals surface area contributed by atoms with Crippen molar-refractivity contribution in [1.29, 1.82) is 0 Å². The maximum atomic E-state index is 4.49. The zero-order valence-electron chi connectivity index (χ0n) is 15.8. The van der Waals surface area contributed by atoms with Gasteiger partial charge in [-0.3, -0.25) is 4.90 Å². The minimum atomic E-state index is 0.390. The van der Waals surface area contributed by atoms with E-state index in [9.17, 15) is 0 Å². The molecule has 0 amide bonds. The Balaban J connectivity index is 1.52. The van der Waals surface area contributed by atoms with E-state index in [1.165, 1.54) is 44.6 Å². The molecule has 0 unspecified atom stereocenters. The second-order valence-electron chi connectivity index (χ2n) is 8.12. The van der Waals surface area contributed by atoms with E-state index in [0.29, 0.717) is 11.5 Å². The lowest BCUT2D eigenvalue weighted by Gasteiger charge is -2.48. The van der Waals surface area contributed by atoms with Crippen LogP contribution in [-0.4, -0.2) is 46.5 Å². The van der Waals surface area contributed by atoms with Gasteiger partial charge >= 0.3 is 0 Å². The first-order chi connectivity index (χ1) is 12.1. The number of hydrogen-bond acceptors (Lipinski definition) is 3. The van der Waals surface area contributed by atoms with Crippen molar-refractivity contribution in [2.24, 2.45) is 7.05 Å². The number of piperidine rings is 1. The van der Waals surface area contributed by atoms with E-state index in [2.05, 4.69) is 64.8 Å². The fraction of sp³-hybridized carbons (Fsp3) is 0.571. The summed E-state index contributed by atoms with van der Waals surface area (Å²) in [7, 11) is 6.52. The van der Waals surface area contributed by atoms with Gasteiger partial charge in [-0.05, 0) is 69.4 Å². The number of imidazole rings is 1. The quantitative estimate of drug-likeness (QED) is 0.858. The predicted octanol–water partition coefficient (Wildman–Crippen LogP) is 3.35. The van der Waals surface area contributed by atoms with Gasteiger partial charge < -0.3 is 9.47 Å². The average molecular weight is 338 g/mol. The molecule has 1 aromatic heterocycles. The highest BCUT2D eigenvalue weighted by Gasteiger charge is 2.42. The van der Waals surface area contributed by atoms with Crippen LogP contribution in [0.2, 0.25) is 0 Å². The van der Waals surface area contributed by atoms with Crippen LogP contribution in [0.15, 0.2) is 36.7 Å². The molecule has 1 atom stereocenters. The number of likely N-dealkylation sites (tertiary alicyclic amines) is 1. The maximum absolute atomic E-state index is 4.49. The third-order valence-corrected chi connectivity index (χ3v) is 6.51. The number of hydrogen-bond donors (Lipinski definition) is 0. The Bertz CT molecular complexity index is 725. The van der Waals surface area contributed by atoms with Crippen molar-refractivity contribution in [3.05, 3.63) is 53.6 Å². The van der Waals surface area contributed by atoms with Crippen molar-refractivity contribution in [1.82, 2.24) is 19.4 Å². The lowest BCUT2D eigenvalue weighted by Crippen LogP contribution is -2.45. The Morgan fingerprint density at radius 1 is 1.16 bits per heavy atom. The van der Waals surface area contributed by atoms with E-state index in [1.54, 1.807) is 11.1 Å². The van der Waals surface area contributed by atoms with Gasteiger partial charge in [0.15, 0.2) is 0 Å². The molecule has 1 aliphatic heterocycles. The Labute approximate surface area is 151 Å². The fourth-order valence-corrected chi connectivity index (χ4v) is 4.92. The minimum Gasteiger partial charge on any atom is -0.337 e. The van der Waals surface area contributed by atoms with Crippen molar-refractivity contribution in [2.45, 2.75) is 43.7 Å². The molecule has 1 aromatic carbocycles. The first-order valence-electron chi connectivity index (χ1n) is 9.53. The van der Waals surface area contributed by atoms with E-state index in [-0.39, 0.29) is 0 Å². The van der Waals surface area contributed by atoms with E-state index in [0.717, 1.165) is 6.54 Å². The second-order valence-corrected chi connectivity index (χ2v) is 8.12. The monoisotopic (exact) mass is 338 g/mol. The van der Waals surface area contributed by atoms with Gasteiger partial charge in [-0.15, -0.1) is 0 Å². The molecule has 1 aliphatic carbocycles. The molecule has 0 radical (unpaired) electrons. The molecular formula is C21H30N4. The topological polar surface area (TPSA) is 24.3 Å². The molecule has 1 fully saturated rings. The smallest absolute Gasteiger partial charge is 0.122 e. The standard InChI is InChI=1S/C21H30N4/c1-23(2)19-8-9-21(18-7-5-4-6-17(18)19)10-13-25(14-11-21)16-20-22-12-15-24(20)3/h4-7,12,15,19H,8-11,13-14,16H2,1-3H3/t19-/m1/s1. The summed E-state index contributed by atoms with van der Waals surface area (Å²) < 4.78 is 2.14. The minimum absolute atomic E-state index is 0.390. The summed E-state index contributed by atoms with van der Waals surface area (Å²) in [6.45, 7) is 3.32. The summed E-state index contributed by atoms with van der Waals surface area (Å²) in [5.74, 6) is 1.17. The van der Waals surface area contributed by atoms with Crippen molar-refractivity contribution >= 4 is 0 Å². The first kappa shape index (κ1) is 16.8. The number of aromatic nitrogens is 2. The molecule has 134 valence electrons. The molecule has 4 rings (SSSR count). The number of benzene rings is 1. The van der Waals surface area contributed by atoms with Crippen LogP contribution in [0.5, 0.6) is 0 Å². The highest BCUT2D eigenvalue weighted by Crippen LogP contribution is 2.49. The summed E-state index contributed by atoms with van der Waals surface area (Å²) in [5.41, 5.74) is 3.58. The maximum Gasteiger partial charge on any atom is 0.122 e. The highest BCUT2D eigenvalue weighted by molar-refractivity contribution is 5.39. The number of fused-ring (bicyclic) bond motifs is 2. The van der Waals surface area contributed by atoms with Gasteiger partial charge in [0.2, 0.25) is 0 Å². The van der Waals surface area contributed by atoms with Gasteiger partial charge in [0.25, 0.3) is 0 Å². The van der Waals surface area contributed by atoms with Crippen LogP contribution in [-0.2, 0) is 19.0 Å². The first-order valence-corrected chi connectivity index (χ1v) is 9.53. The number of nitrogens with zero attached hydrogens (tertiary/aromatic N) is 4. The van der Waals surface area contributed by atoms with Crippen LogP contribution in [0.4, 0.5) is 0 Å². The normalized spacial score (nSPS) is 23.1. The van der Waals surface area contributed by atoms with Gasteiger partial charge in [0.1, 0.15) is 5.82 Å². The molecule has 2 heterocycles. The molecule has 25 heavy (non-hydrogen) atoms. The molecule has 2 aromatic rings. The lowest BCUT2D eigenvalue weighted by atomic mass is 9.63. The van der Waals surface area contributed by atoms with Crippen LogP contribution >= 0.6 is 0 Å². The summed E-state index contributed by atoms with van der Waals surface area (Å²) in [4.78, 5) is 9.46. The zero-order valence-corrected chi connectivity index (χ0v) is 15.8. The van der Waals surface area contributed by atoms with E-state index in [4.69, 9.17) is 0 Å². The molecule has 0 N–H and O–H groups in total. The van der Waals surface area contributed by atoms with Gasteiger partial charge in [-0.2, -0.15) is 0 Å². The molecular weight excluding hydrogens is 308 g/mol. The van der Waals surface area contributed by atoms with Crippen molar-refractivity contribution < 1.29 is 0 Å². The lowest BCUT2D eigenvalue weighted by molar-refractivity contribution is 0.120. The van der Waals surface area contributed by atoms with Gasteiger partial charge in [0, 0.05) is 25.5 Å². The summed E-state index contributed by atoms with van der Waals surface area (Å²) in [6.07, 6.45) is 9.09. The van der Waals surface area contributed by atoms with E-state index in [1.807, 2.05) is 12.4 Å². The molecule has 4 nitrogen and oxygen atoms in total. The van der Waals surface area contributed by atoms with Crippen molar-refractivity contribution in [3.8, 4) is 0 Å². The Hall–Kier alpha value is -1.65. The average Bonchev–Trinajstić information content (AvgIpc) is 3.02. The molecule has 4 heteroatoms. The van der Waals surface area contributed by atoms with Crippen molar-refractivity contribution in [2.75, 3.05) is 27.2 Å². The van der Waals surface area contributed by atoms with Crippen LogP contribution in [0.25, 0.3) is 0 Å². The third kappa shape index (κ3) is 3.02. The Morgan fingerprint density at radius 2 is 1.92 bits per heavy atom. The van der Waals surface area contributed by atoms with Gasteiger partial charge in [0.05, 0.1) is 6.54 Å². The Morgan fingerprint density at radius 3 is 2.60 bits per heavy atom. The molecule has 1 spiro atoms. The van der Waals surface area contributed by atoms with Crippen LogP contribution in [0.1, 0.15) is 48.7 Å². The SMILES string of the molecule is CN(C)[C@@H]1CCC2(CCN(Cc3nccn3C)CC2)c2ccccc21. The number of rotatable bonds is 3. The zero-order chi connectivity index (χ0) is 17.4. The summed E-state index contributed by atoms with van der Waals surface area (Å²) in [5, 5.41) is 0. The van der Waals surface area contributed by atoms with E-state index >= 15 is 0 Å². The van der Waals surface area contributed by atoms with Gasteiger partial charge in [-0.25, -0.2) is 4.98 Å². The van der Waals surface area contributed by atoms with Crippen LogP contribution in [0.3, 0.4) is 0 Å². The third-order valence-electron chi connectivity index (χ3n) is 6.51. The van der Waals surface area contributed by atoms with Crippen LogP contribution in [0, 0.1) is 0 Å². The predicted molar refractivity (Wildman–Crippen MR) is 102 cm³/mol. The number of aryl methyl sites for hydroxylation is 1. The van der Waals surface area contributed by atoms with Crippen LogP contribution < -0.4 is 0 Å². The second kappa shape index (κ2) is 6.58. The van der Waals surface area contributed by atoms with Gasteiger partial charge in [-0.1, -0.05) is 24.3 Å². The summed E-state index contributed by atoms with van der Waals surface area (Å²) >= 11 is 0.